The summed E-state index contributed by atoms with van der Waals surface area (Å²) in [5, 5.41) is 0. The second kappa shape index (κ2) is 6.62. The van der Waals surface area contributed by atoms with Gasteiger partial charge in [-0.1, -0.05) is 0 Å². The van der Waals surface area contributed by atoms with Gasteiger partial charge in [0.15, 0.2) is 0 Å². The van der Waals surface area contributed by atoms with Crippen molar-refractivity contribution in [3.63, 3.8) is 0 Å². The molecule has 1 heterocycles. The SMILES string of the molecule is CCOC(=O)CCC(=O)N1C(C)CCCC1C. The van der Waals surface area contributed by atoms with Gasteiger partial charge in [-0.3, -0.25) is 9.59 Å². The number of hydrogen-bond donors (Lipinski definition) is 0. The van der Waals surface area contributed by atoms with Gasteiger partial charge in [-0.2, -0.15) is 0 Å². The van der Waals surface area contributed by atoms with Gasteiger partial charge in [-0.25, -0.2) is 0 Å². The van der Waals surface area contributed by atoms with E-state index in [-0.39, 0.29) is 24.7 Å². The lowest BCUT2D eigenvalue weighted by Crippen LogP contribution is -2.47. The van der Waals surface area contributed by atoms with Crippen molar-refractivity contribution >= 4 is 11.9 Å². The van der Waals surface area contributed by atoms with E-state index in [0.717, 1.165) is 12.8 Å². The molecular formula is C13H23NO3. The third-order valence-corrected chi connectivity index (χ3v) is 3.33. The molecule has 0 spiro atoms. The fourth-order valence-corrected chi connectivity index (χ4v) is 2.48. The first kappa shape index (κ1) is 14.0. The molecule has 0 aromatic rings. The number of nitrogens with zero attached hydrogens (tertiary/aromatic N) is 1. The maximum absolute atomic E-state index is 12.0. The minimum Gasteiger partial charge on any atom is -0.466 e. The monoisotopic (exact) mass is 241 g/mol. The molecular weight excluding hydrogens is 218 g/mol. The van der Waals surface area contributed by atoms with Crippen LogP contribution in [-0.4, -0.2) is 35.5 Å². The van der Waals surface area contributed by atoms with Crippen LogP contribution in [-0.2, 0) is 14.3 Å². The van der Waals surface area contributed by atoms with E-state index in [4.69, 9.17) is 4.74 Å². The zero-order valence-electron chi connectivity index (χ0n) is 11.1. The van der Waals surface area contributed by atoms with Crippen molar-refractivity contribution in [1.82, 2.24) is 4.90 Å². The van der Waals surface area contributed by atoms with Crippen LogP contribution < -0.4 is 0 Å². The van der Waals surface area contributed by atoms with Crippen molar-refractivity contribution in [1.29, 1.82) is 0 Å². The van der Waals surface area contributed by atoms with Gasteiger partial charge < -0.3 is 9.64 Å². The molecule has 17 heavy (non-hydrogen) atoms. The van der Waals surface area contributed by atoms with E-state index in [1.165, 1.54) is 6.42 Å². The maximum Gasteiger partial charge on any atom is 0.306 e. The molecule has 0 aromatic heterocycles. The first-order chi connectivity index (χ1) is 8.06. The molecule has 4 heteroatoms. The van der Waals surface area contributed by atoms with Crippen molar-refractivity contribution in [2.75, 3.05) is 6.61 Å². The average molecular weight is 241 g/mol. The van der Waals surface area contributed by atoms with Gasteiger partial charge in [0.25, 0.3) is 0 Å². The van der Waals surface area contributed by atoms with Crippen LogP contribution in [0, 0.1) is 0 Å². The summed E-state index contributed by atoms with van der Waals surface area (Å²) in [5.74, 6) is -0.198. The molecule has 4 nitrogen and oxygen atoms in total. The third kappa shape index (κ3) is 4.02. The summed E-state index contributed by atoms with van der Waals surface area (Å²) in [7, 11) is 0. The molecule has 0 radical (unpaired) electrons. The Kier molecular flexibility index (Phi) is 5.45. The van der Waals surface area contributed by atoms with Gasteiger partial charge >= 0.3 is 5.97 Å². The van der Waals surface area contributed by atoms with Gasteiger partial charge in [0, 0.05) is 18.5 Å². The number of hydrogen-bond acceptors (Lipinski definition) is 3. The van der Waals surface area contributed by atoms with Crippen LogP contribution in [0.5, 0.6) is 0 Å². The van der Waals surface area contributed by atoms with Crippen LogP contribution in [0.25, 0.3) is 0 Å². The number of amides is 1. The predicted octanol–water partition coefficient (Wildman–Crippen LogP) is 2.12. The highest BCUT2D eigenvalue weighted by atomic mass is 16.5. The Morgan fingerprint density at radius 2 is 1.76 bits per heavy atom. The largest absolute Gasteiger partial charge is 0.466 e. The molecule has 1 fully saturated rings. The Bertz CT molecular complexity index is 268. The van der Waals surface area contributed by atoms with Crippen LogP contribution in [0.2, 0.25) is 0 Å². The minimum absolute atomic E-state index is 0.0813. The number of piperidine rings is 1. The van der Waals surface area contributed by atoms with Crippen LogP contribution in [0.1, 0.15) is 52.9 Å². The fourth-order valence-electron chi connectivity index (χ4n) is 2.48. The highest BCUT2D eigenvalue weighted by Crippen LogP contribution is 2.23. The molecule has 98 valence electrons. The fraction of sp³-hybridized carbons (Fsp3) is 0.846. The summed E-state index contributed by atoms with van der Waals surface area (Å²) in [6.45, 7) is 6.31. The molecule has 0 N–H and O–H groups in total. The number of ether oxygens (including phenoxy) is 1. The molecule has 1 aliphatic rings. The summed E-state index contributed by atoms with van der Waals surface area (Å²) < 4.78 is 4.82. The molecule has 1 rings (SSSR count). The first-order valence-electron chi connectivity index (χ1n) is 6.53. The number of likely N-dealkylation sites (tertiary alicyclic amines) is 1. The van der Waals surface area contributed by atoms with Crippen molar-refractivity contribution in [3.05, 3.63) is 0 Å². The van der Waals surface area contributed by atoms with Crippen LogP contribution >= 0.6 is 0 Å². The number of rotatable bonds is 4. The molecule has 2 atom stereocenters. The molecule has 2 unspecified atom stereocenters. The Morgan fingerprint density at radius 3 is 2.29 bits per heavy atom. The topological polar surface area (TPSA) is 46.6 Å². The highest BCUT2D eigenvalue weighted by Gasteiger charge is 2.28. The van der Waals surface area contributed by atoms with Crippen molar-refractivity contribution in [2.24, 2.45) is 0 Å². The lowest BCUT2D eigenvalue weighted by atomic mass is 9.97. The number of carbonyl (C=O) groups is 2. The van der Waals surface area contributed by atoms with Crippen LogP contribution in [0.3, 0.4) is 0 Å². The first-order valence-corrected chi connectivity index (χ1v) is 6.53. The van der Waals surface area contributed by atoms with Gasteiger partial charge in [0.2, 0.25) is 5.91 Å². The molecule has 1 aliphatic heterocycles. The van der Waals surface area contributed by atoms with Crippen molar-refractivity contribution in [2.45, 2.75) is 65.0 Å². The van der Waals surface area contributed by atoms with E-state index in [2.05, 4.69) is 13.8 Å². The average Bonchev–Trinajstić information content (AvgIpc) is 2.26. The quantitative estimate of drug-likeness (QED) is 0.708. The number of esters is 1. The van der Waals surface area contributed by atoms with E-state index in [1.807, 2.05) is 4.90 Å². The van der Waals surface area contributed by atoms with Gasteiger partial charge in [0.1, 0.15) is 0 Å². The summed E-state index contributed by atoms with van der Waals surface area (Å²) >= 11 is 0. The van der Waals surface area contributed by atoms with E-state index in [9.17, 15) is 9.59 Å². The molecule has 0 aromatic carbocycles. The zero-order valence-corrected chi connectivity index (χ0v) is 11.1. The number of carbonyl (C=O) groups excluding carboxylic acids is 2. The standard InChI is InChI=1S/C13H23NO3/c1-4-17-13(16)9-8-12(15)14-10(2)6-5-7-11(14)3/h10-11H,4-9H2,1-3H3. The minimum atomic E-state index is -0.279. The molecule has 0 saturated carbocycles. The Balaban J connectivity index is 2.42. The predicted molar refractivity (Wildman–Crippen MR) is 65.5 cm³/mol. The smallest absolute Gasteiger partial charge is 0.306 e. The van der Waals surface area contributed by atoms with Crippen molar-refractivity contribution < 1.29 is 14.3 Å². The maximum atomic E-state index is 12.0. The molecule has 1 amide bonds. The normalized spacial score (nSPS) is 24.5. The van der Waals surface area contributed by atoms with Crippen molar-refractivity contribution in [3.8, 4) is 0 Å². The summed E-state index contributed by atoms with van der Waals surface area (Å²) in [4.78, 5) is 25.2. The van der Waals surface area contributed by atoms with Gasteiger partial charge in [-0.15, -0.1) is 0 Å². The second-order valence-electron chi connectivity index (χ2n) is 4.73. The summed E-state index contributed by atoms with van der Waals surface area (Å²) in [6, 6.07) is 0.599. The van der Waals surface area contributed by atoms with Crippen LogP contribution in [0.15, 0.2) is 0 Å². The highest BCUT2D eigenvalue weighted by molar-refractivity contribution is 5.81. The summed E-state index contributed by atoms with van der Waals surface area (Å²) in [5.41, 5.74) is 0. The molecule has 1 saturated heterocycles. The second-order valence-corrected chi connectivity index (χ2v) is 4.73. The summed E-state index contributed by atoms with van der Waals surface area (Å²) in [6.07, 6.45) is 3.78. The Labute approximate surface area is 103 Å². The van der Waals surface area contributed by atoms with Gasteiger partial charge in [0.05, 0.1) is 13.0 Å². The lowest BCUT2D eigenvalue weighted by molar-refractivity contribution is -0.147. The molecule has 0 aliphatic carbocycles. The zero-order chi connectivity index (χ0) is 12.8. The lowest BCUT2D eigenvalue weighted by Gasteiger charge is -2.39. The molecule has 0 bridgehead atoms. The van der Waals surface area contributed by atoms with E-state index in [0.29, 0.717) is 18.7 Å². The third-order valence-electron chi connectivity index (χ3n) is 3.33. The van der Waals surface area contributed by atoms with E-state index in [1.54, 1.807) is 6.92 Å². The Morgan fingerprint density at radius 1 is 1.18 bits per heavy atom. The van der Waals surface area contributed by atoms with Gasteiger partial charge in [-0.05, 0) is 40.0 Å². The van der Waals surface area contributed by atoms with Crippen LogP contribution in [0.4, 0.5) is 0 Å². The Hall–Kier alpha value is -1.06. The van der Waals surface area contributed by atoms with E-state index < -0.39 is 0 Å². The van der Waals surface area contributed by atoms with E-state index >= 15 is 0 Å².